The van der Waals surface area contributed by atoms with Gasteiger partial charge in [-0.1, -0.05) is 42.5 Å². The average Bonchev–Trinajstić information content (AvgIpc) is 2.64. The van der Waals surface area contributed by atoms with Crippen molar-refractivity contribution in [2.45, 2.75) is 19.6 Å². The van der Waals surface area contributed by atoms with Crippen LogP contribution in [0.25, 0.3) is 0 Å². The summed E-state index contributed by atoms with van der Waals surface area (Å²) in [5, 5.41) is 7.04. The van der Waals surface area contributed by atoms with Gasteiger partial charge in [-0.15, -0.1) is 0 Å². The molecule has 2 N–H and O–H groups in total. The molecule has 2 rings (SSSR count). The number of thiocarbonyl (C=S) groups is 1. The predicted molar refractivity (Wildman–Crippen MR) is 101 cm³/mol. The fourth-order valence-electron chi connectivity index (χ4n) is 2.13. The molecule has 0 atom stereocenters. The zero-order chi connectivity index (χ0) is 17.0. The highest BCUT2D eigenvalue weighted by molar-refractivity contribution is 7.80. The first-order chi connectivity index (χ1) is 11.8. The van der Waals surface area contributed by atoms with E-state index in [2.05, 4.69) is 22.8 Å². The van der Waals surface area contributed by atoms with Gasteiger partial charge in [-0.05, 0) is 41.9 Å². The minimum Gasteiger partial charge on any atom is -0.497 e. The monoisotopic (exact) mass is 344 g/mol. The summed E-state index contributed by atoms with van der Waals surface area (Å²) in [6.07, 6.45) is 0.914. The van der Waals surface area contributed by atoms with Gasteiger partial charge in [0.25, 0.3) is 0 Å². The Morgan fingerprint density at radius 2 is 1.71 bits per heavy atom. The molecule has 0 amide bonds. The quantitative estimate of drug-likeness (QED) is 0.540. The molecule has 2 aromatic rings. The third-order valence-corrected chi connectivity index (χ3v) is 3.76. The molecule has 4 nitrogen and oxygen atoms in total. The van der Waals surface area contributed by atoms with Gasteiger partial charge in [-0.2, -0.15) is 0 Å². The summed E-state index contributed by atoms with van der Waals surface area (Å²) in [6, 6.07) is 18.1. The minimum absolute atomic E-state index is 0.654. The second-order valence-corrected chi connectivity index (χ2v) is 5.76. The van der Waals surface area contributed by atoms with Crippen LogP contribution in [0.1, 0.15) is 17.5 Å². The summed E-state index contributed by atoms with van der Waals surface area (Å²) in [5.41, 5.74) is 2.35. The molecule has 0 spiro atoms. The molecule has 0 radical (unpaired) electrons. The van der Waals surface area contributed by atoms with E-state index in [1.165, 1.54) is 5.56 Å². The first-order valence-electron chi connectivity index (χ1n) is 8.04. The summed E-state index contributed by atoms with van der Waals surface area (Å²) in [4.78, 5) is 0. The molecule has 0 aromatic heterocycles. The number of hydrogen-bond acceptors (Lipinski definition) is 3. The summed E-state index contributed by atoms with van der Waals surface area (Å²) in [5.74, 6) is 0.856. The first kappa shape index (κ1) is 18.2. The fraction of sp³-hybridized carbons (Fsp3) is 0.316. The van der Waals surface area contributed by atoms with Crippen molar-refractivity contribution in [2.75, 3.05) is 20.3 Å². The van der Waals surface area contributed by atoms with Crippen LogP contribution in [-0.2, 0) is 17.9 Å². The molecule has 0 aliphatic heterocycles. The van der Waals surface area contributed by atoms with Gasteiger partial charge < -0.3 is 20.1 Å². The highest BCUT2D eigenvalue weighted by Crippen LogP contribution is 2.10. The zero-order valence-corrected chi connectivity index (χ0v) is 14.8. The molecule has 0 fully saturated rings. The van der Waals surface area contributed by atoms with E-state index in [-0.39, 0.29) is 0 Å². The number of rotatable bonds is 9. The smallest absolute Gasteiger partial charge is 0.166 e. The average molecular weight is 344 g/mol. The van der Waals surface area contributed by atoms with E-state index in [9.17, 15) is 0 Å². The predicted octanol–water partition coefficient (Wildman–Crippen LogP) is 3.27. The van der Waals surface area contributed by atoms with Crippen LogP contribution in [0.2, 0.25) is 0 Å². The maximum Gasteiger partial charge on any atom is 0.166 e. The maximum absolute atomic E-state index is 5.64. The van der Waals surface area contributed by atoms with Gasteiger partial charge in [0, 0.05) is 19.7 Å². The highest BCUT2D eigenvalue weighted by Gasteiger charge is 1.98. The molecule has 24 heavy (non-hydrogen) atoms. The summed E-state index contributed by atoms with van der Waals surface area (Å²) in [6.45, 7) is 2.85. The molecule has 128 valence electrons. The lowest BCUT2D eigenvalue weighted by Gasteiger charge is -2.11. The van der Waals surface area contributed by atoms with Crippen molar-refractivity contribution in [3.63, 3.8) is 0 Å². The van der Waals surface area contributed by atoms with Crippen molar-refractivity contribution in [2.24, 2.45) is 0 Å². The second-order valence-electron chi connectivity index (χ2n) is 5.35. The topological polar surface area (TPSA) is 42.5 Å². The van der Waals surface area contributed by atoms with E-state index in [1.54, 1.807) is 7.11 Å². The molecule has 0 aliphatic carbocycles. The van der Waals surface area contributed by atoms with E-state index >= 15 is 0 Å². The van der Waals surface area contributed by atoms with Crippen molar-refractivity contribution in [1.29, 1.82) is 0 Å². The lowest BCUT2D eigenvalue weighted by atomic mass is 10.2. The number of nitrogens with one attached hydrogen (secondary N) is 2. The number of hydrogen-bond donors (Lipinski definition) is 2. The van der Waals surface area contributed by atoms with E-state index < -0.39 is 0 Å². The highest BCUT2D eigenvalue weighted by atomic mass is 32.1. The Balaban J connectivity index is 1.51. The van der Waals surface area contributed by atoms with Gasteiger partial charge >= 0.3 is 0 Å². The van der Waals surface area contributed by atoms with Crippen molar-refractivity contribution in [1.82, 2.24) is 10.6 Å². The van der Waals surface area contributed by atoms with Crippen LogP contribution in [0.3, 0.4) is 0 Å². The van der Waals surface area contributed by atoms with Crippen LogP contribution in [0, 0.1) is 0 Å². The van der Waals surface area contributed by atoms with Crippen molar-refractivity contribution in [3.05, 3.63) is 65.7 Å². The third-order valence-electron chi connectivity index (χ3n) is 3.47. The molecule has 5 heteroatoms. The van der Waals surface area contributed by atoms with Gasteiger partial charge in [-0.25, -0.2) is 0 Å². The summed E-state index contributed by atoms with van der Waals surface area (Å²) < 4.78 is 10.8. The second kappa shape index (κ2) is 10.6. The summed E-state index contributed by atoms with van der Waals surface area (Å²) in [7, 11) is 1.66. The SMILES string of the molecule is COc1ccc(CNC(=S)NCCCOCc2ccccc2)cc1. The van der Waals surface area contributed by atoms with Gasteiger partial charge in [-0.3, -0.25) is 0 Å². The Morgan fingerprint density at radius 3 is 2.42 bits per heavy atom. The largest absolute Gasteiger partial charge is 0.497 e. The van der Waals surface area contributed by atoms with E-state index in [1.807, 2.05) is 42.5 Å². The van der Waals surface area contributed by atoms with Crippen LogP contribution in [0.4, 0.5) is 0 Å². The lowest BCUT2D eigenvalue weighted by molar-refractivity contribution is 0.119. The van der Waals surface area contributed by atoms with Gasteiger partial charge in [0.2, 0.25) is 0 Å². The van der Waals surface area contributed by atoms with Gasteiger partial charge in [0.15, 0.2) is 5.11 Å². The fourth-order valence-corrected chi connectivity index (χ4v) is 2.30. The third kappa shape index (κ3) is 6.98. The molecule has 0 aliphatic rings. The Hall–Kier alpha value is -2.11. The summed E-state index contributed by atoms with van der Waals surface area (Å²) >= 11 is 5.27. The zero-order valence-electron chi connectivity index (χ0n) is 14.0. The molecule has 2 aromatic carbocycles. The van der Waals surface area contributed by atoms with Crippen molar-refractivity contribution >= 4 is 17.3 Å². The van der Waals surface area contributed by atoms with Crippen LogP contribution < -0.4 is 15.4 Å². The number of benzene rings is 2. The molecule has 0 bridgehead atoms. The number of ether oxygens (including phenoxy) is 2. The number of methoxy groups -OCH3 is 1. The van der Waals surface area contributed by atoms with Crippen LogP contribution in [0.15, 0.2) is 54.6 Å². The van der Waals surface area contributed by atoms with Crippen LogP contribution in [0.5, 0.6) is 5.75 Å². The maximum atomic E-state index is 5.64. The molecule has 0 heterocycles. The Kier molecular flexibility index (Phi) is 8.07. The van der Waals surface area contributed by atoms with Crippen molar-refractivity contribution < 1.29 is 9.47 Å². The van der Waals surface area contributed by atoms with Crippen LogP contribution in [-0.4, -0.2) is 25.4 Å². The normalized spacial score (nSPS) is 10.2. The van der Waals surface area contributed by atoms with Crippen LogP contribution >= 0.6 is 12.2 Å². The van der Waals surface area contributed by atoms with Gasteiger partial charge in [0.1, 0.15) is 5.75 Å². The molecule has 0 unspecified atom stereocenters. The molecule has 0 saturated carbocycles. The standard InChI is InChI=1S/C19H24N2O2S/c1-22-18-10-8-16(9-11-18)14-21-19(24)20-12-5-13-23-15-17-6-3-2-4-7-17/h2-4,6-11H,5,12-15H2,1H3,(H2,20,21,24). The minimum atomic E-state index is 0.654. The Morgan fingerprint density at radius 1 is 0.958 bits per heavy atom. The van der Waals surface area contributed by atoms with Gasteiger partial charge in [0.05, 0.1) is 13.7 Å². The molecular formula is C19H24N2O2S. The van der Waals surface area contributed by atoms with E-state index in [4.69, 9.17) is 21.7 Å². The first-order valence-corrected chi connectivity index (χ1v) is 8.45. The Bertz CT molecular complexity index is 603. The van der Waals surface area contributed by atoms with E-state index in [0.717, 1.165) is 24.3 Å². The molecule has 0 saturated heterocycles. The molecular weight excluding hydrogens is 320 g/mol. The lowest BCUT2D eigenvalue weighted by Crippen LogP contribution is -2.35. The van der Waals surface area contributed by atoms with E-state index in [0.29, 0.717) is 24.9 Å². The Labute approximate surface area is 149 Å². The van der Waals surface area contributed by atoms with Crippen molar-refractivity contribution in [3.8, 4) is 5.75 Å².